The quantitative estimate of drug-likeness (QED) is 0.650. The Kier molecular flexibility index (Phi) is 4.67. The molecule has 1 saturated heterocycles. The van der Waals surface area contributed by atoms with Crippen LogP contribution in [0.2, 0.25) is 0 Å². The summed E-state index contributed by atoms with van der Waals surface area (Å²) < 4.78 is 31.2. The monoisotopic (exact) mass is 382 g/mol. The first-order chi connectivity index (χ1) is 12.9. The number of fused-ring (bicyclic) bond motifs is 6. The van der Waals surface area contributed by atoms with Gasteiger partial charge in [-0.2, -0.15) is 0 Å². The van der Waals surface area contributed by atoms with Crippen molar-refractivity contribution in [2.24, 2.45) is 0 Å². The number of rotatable bonds is 1. The standard InChI is InChI=1S/C13H13N3.C7H8O3S/c1-2-16-13-5-11-9-3-8(6-14-7-9)10(11)4-12(13)15-1;1-6-2-4-7(5-3-6)11(8,9)10/h1-2,4-5,8-9,14H,3,6-7H2;2-5H,1H3,(H,8,9,10)/p-1. The van der Waals surface area contributed by atoms with E-state index >= 15 is 0 Å². The Labute approximate surface area is 158 Å². The van der Waals surface area contributed by atoms with Crippen molar-refractivity contribution in [1.29, 1.82) is 0 Å². The summed E-state index contributed by atoms with van der Waals surface area (Å²) in [6.07, 6.45) is 4.85. The van der Waals surface area contributed by atoms with Gasteiger partial charge in [-0.15, -0.1) is 0 Å². The van der Waals surface area contributed by atoms with Crippen LogP contribution in [0.5, 0.6) is 0 Å². The van der Waals surface area contributed by atoms with Crippen LogP contribution in [0, 0.1) is 6.92 Å². The smallest absolute Gasteiger partial charge is 0.124 e. The zero-order valence-electron chi connectivity index (χ0n) is 14.9. The van der Waals surface area contributed by atoms with Crippen LogP contribution in [0.3, 0.4) is 0 Å². The molecular weight excluding hydrogens is 362 g/mol. The fourth-order valence-electron chi connectivity index (χ4n) is 3.87. The van der Waals surface area contributed by atoms with Crippen molar-refractivity contribution in [3.63, 3.8) is 0 Å². The molecule has 1 N–H and O–H groups in total. The van der Waals surface area contributed by atoms with Gasteiger partial charge in [-0.05, 0) is 60.6 Å². The molecule has 5 rings (SSSR count). The Bertz CT molecular complexity index is 1030. The van der Waals surface area contributed by atoms with Gasteiger partial charge >= 0.3 is 0 Å². The lowest BCUT2D eigenvalue weighted by molar-refractivity contribution is 0.454. The minimum Gasteiger partial charge on any atom is -0.744 e. The molecule has 0 amide bonds. The number of benzene rings is 2. The first-order valence-electron chi connectivity index (χ1n) is 8.89. The van der Waals surface area contributed by atoms with Crippen molar-refractivity contribution >= 4 is 21.2 Å². The predicted molar refractivity (Wildman–Crippen MR) is 102 cm³/mol. The topological polar surface area (TPSA) is 95.0 Å². The third kappa shape index (κ3) is 3.71. The second-order valence-electron chi connectivity index (χ2n) is 7.08. The van der Waals surface area contributed by atoms with Crippen LogP contribution in [0.15, 0.2) is 53.7 Å². The maximum Gasteiger partial charge on any atom is 0.124 e. The lowest BCUT2D eigenvalue weighted by Gasteiger charge is -2.19. The Morgan fingerprint density at radius 1 is 0.963 bits per heavy atom. The van der Waals surface area contributed by atoms with Gasteiger partial charge in [0.25, 0.3) is 0 Å². The summed E-state index contributed by atoms with van der Waals surface area (Å²) in [5.74, 6) is 1.39. The molecule has 0 saturated carbocycles. The molecular formula is C20H20N3O3S-. The number of nitrogens with one attached hydrogen (secondary N) is 1. The minimum absolute atomic E-state index is 0.178. The molecule has 6 nitrogen and oxygen atoms in total. The molecule has 7 heteroatoms. The summed E-state index contributed by atoms with van der Waals surface area (Å²) in [5.41, 5.74) is 6.01. The molecule has 2 aliphatic rings. The van der Waals surface area contributed by atoms with E-state index in [4.69, 9.17) is 0 Å². The fourth-order valence-corrected chi connectivity index (χ4v) is 4.34. The summed E-state index contributed by atoms with van der Waals surface area (Å²) in [5, 5.41) is 3.51. The first-order valence-corrected chi connectivity index (χ1v) is 10.3. The SMILES string of the molecule is Cc1ccc(S(=O)(=O)[O-])cc1.c1cnc2cc3c(cc2n1)C1CNCC3C1. The van der Waals surface area contributed by atoms with E-state index in [-0.39, 0.29) is 4.90 Å². The van der Waals surface area contributed by atoms with E-state index in [0.717, 1.165) is 29.7 Å². The Hall–Kier alpha value is -2.35. The number of aryl methyl sites for hydroxylation is 1. The van der Waals surface area contributed by atoms with Gasteiger partial charge in [-0.3, -0.25) is 9.97 Å². The normalized spacial score (nSPS) is 20.7. The molecule has 0 radical (unpaired) electrons. The molecule has 2 heterocycles. The number of hydrogen-bond acceptors (Lipinski definition) is 6. The maximum absolute atomic E-state index is 10.4. The van der Waals surface area contributed by atoms with E-state index in [0.29, 0.717) is 11.8 Å². The molecule has 140 valence electrons. The van der Waals surface area contributed by atoms with Gasteiger partial charge in [0.15, 0.2) is 0 Å². The van der Waals surface area contributed by atoms with Crippen LogP contribution in [0.4, 0.5) is 0 Å². The maximum atomic E-state index is 10.4. The fraction of sp³-hybridized carbons (Fsp3) is 0.300. The van der Waals surface area contributed by atoms with Gasteiger partial charge in [0, 0.05) is 25.5 Å². The predicted octanol–water partition coefficient (Wildman–Crippen LogP) is 2.70. The van der Waals surface area contributed by atoms with E-state index in [1.807, 2.05) is 6.92 Å². The van der Waals surface area contributed by atoms with E-state index in [2.05, 4.69) is 27.4 Å². The average Bonchev–Trinajstić information content (AvgIpc) is 2.90. The van der Waals surface area contributed by atoms with Crippen LogP contribution < -0.4 is 5.32 Å². The molecule has 1 aliphatic carbocycles. The Morgan fingerprint density at radius 2 is 1.48 bits per heavy atom. The van der Waals surface area contributed by atoms with Crippen molar-refractivity contribution in [3.8, 4) is 0 Å². The van der Waals surface area contributed by atoms with Crippen molar-refractivity contribution in [2.45, 2.75) is 30.1 Å². The second-order valence-corrected chi connectivity index (χ2v) is 8.46. The molecule has 2 bridgehead atoms. The molecule has 3 aromatic rings. The van der Waals surface area contributed by atoms with Gasteiger partial charge < -0.3 is 9.87 Å². The minimum atomic E-state index is -4.27. The largest absolute Gasteiger partial charge is 0.744 e. The van der Waals surface area contributed by atoms with Crippen molar-refractivity contribution in [1.82, 2.24) is 15.3 Å². The zero-order chi connectivity index (χ0) is 19.0. The molecule has 1 fully saturated rings. The molecule has 0 spiro atoms. The van der Waals surface area contributed by atoms with Gasteiger partial charge in [0.1, 0.15) is 10.1 Å². The van der Waals surface area contributed by atoms with Crippen LogP contribution in [-0.4, -0.2) is 36.0 Å². The Morgan fingerprint density at radius 3 is 1.96 bits per heavy atom. The number of aromatic nitrogens is 2. The van der Waals surface area contributed by atoms with Crippen LogP contribution in [-0.2, 0) is 10.1 Å². The van der Waals surface area contributed by atoms with Crippen LogP contribution in [0.25, 0.3) is 11.0 Å². The van der Waals surface area contributed by atoms with Crippen molar-refractivity contribution < 1.29 is 13.0 Å². The molecule has 1 aliphatic heterocycles. The van der Waals surface area contributed by atoms with Gasteiger partial charge in [0.2, 0.25) is 0 Å². The number of nitrogens with zero attached hydrogens (tertiary/aromatic N) is 2. The van der Waals surface area contributed by atoms with Gasteiger partial charge in [-0.25, -0.2) is 8.42 Å². The highest BCUT2D eigenvalue weighted by Gasteiger charge is 2.34. The summed E-state index contributed by atoms with van der Waals surface area (Å²) in [4.78, 5) is 8.60. The number of piperidine rings is 1. The summed E-state index contributed by atoms with van der Waals surface area (Å²) in [7, 11) is -4.27. The molecule has 2 aromatic carbocycles. The third-order valence-electron chi connectivity index (χ3n) is 5.21. The molecule has 2 unspecified atom stereocenters. The summed E-state index contributed by atoms with van der Waals surface area (Å²) in [6, 6.07) is 10.3. The lowest BCUT2D eigenvalue weighted by Crippen LogP contribution is -2.28. The van der Waals surface area contributed by atoms with Crippen molar-refractivity contribution in [3.05, 3.63) is 65.5 Å². The van der Waals surface area contributed by atoms with Crippen molar-refractivity contribution in [2.75, 3.05) is 13.1 Å². The Balaban J connectivity index is 0.000000145. The van der Waals surface area contributed by atoms with E-state index in [9.17, 15) is 13.0 Å². The third-order valence-corrected chi connectivity index (χ3v) is 6.06. The summed E-state index contributed by atoms with van der Waals surface area (Å²) >= 11 is 0. The molecule has 1 aromatic heterocycles. The lowest BCUT2D eigenvalue weighted by atomic mass is 9.98. The zero-order valence-corrected chi connectivity index (χ0v) is 15.7. The first kappa shape index (κ1) is 18.0. The molecule has 27 heavy (non-hydrogen) atoms. The molecule has 2 atom stereocenters. The number of hydrogen-bond donors (Lipinski definition) is 1. The highest BCUT2D eigenvalue weighted by molar-refractivity contribution is 7.85. The van der Waals surface area contributed by atoms with E-state index in [1.54, 1.807) is 24.5 Å². The van der Waals surface area contributed by atoms with Crippen LogP contribution >= 0.6 is 0 Å². The highest BCUT2D eigenvalue weighted by atomic mass is 32.2. The van der Waals surface area contributed by atoms with Gasteiger partial charge in [-0.1, -0.05) is 17.7 Å². The summed E-state index contributed by atoms with van der Waals surface area (Å²) in [6.45, 7) is 4.06. The van der Waals surface area contributed by atoms with E-state index < -0.39 is 10.1 Å². The van der Waals surface area contributed by atoms with E-state index in [1.165, 1.54) is 29.7 Å². The van der Waals surface area contributed by atoms with Crippen LogP contribution in [0.1, 0.15) is 34.9 Å². The highest BCUT2D eigenvalue weighted by Crippen LogP contribution is 2.44. The second kappa shape index (κ2) is 6.99. The van der Waals surface area contributed by atoms with Gasteiger partial charge in [0.05, 0.1) is 15.9 Å². The average molecular weight is 382 g/mol.